The van der Waals surface area contributed by atoms with Crippen LogP contribution in [0.25, 0.3) is 0 Å². The minimum absolute atomic E-state index is 0.195. The van der Waals surface area contributed by atoms with Crippen LogP contribution >= 0.6 is 0 Å². The van der Waals surface area contributed by atoms with Crippen molar-refractivity contribution in [2.75, 3.05) is 20.0 Å². The van der Waals surface area contributed by atoms with Gasteiger partial charge in [0.25, 0.3) is 0 Å². The molecule has 1 rings (SSSR count). The molecule has 15 heavy (non-hydrogen) atoms. The van der Waals surface area contributed by atoms with Crippen LogP contribution in [-0.2, 0) is 16.0 Å². The van der Waals surface area contributed by atoms with Gasteiger partial charge in [0.1, 0.15) is 5.75 Å². The summed E-state index contributed by atoms with van der Waals surface area (Å²) in [5.74, 6) is 0.359. The van der Waals surface area contributed by atoms with Gasteiger partial charge in [0.2, 0.25) is 0 Å². The average molecular weight is 209 g/mol. The third kappa shape index (κ3) is 2.40. The number of hydrogen-bond donors (Lipinski definition) is 1. The smallest absolute Gasteiger partial charge is 0.310 e. The highest BCUT2D eigenvalue weighted by molar-refractivity contribution is 5.74. The lowest BCUT2D eigenvalue weighted by Gasteiger charge is -2.12. The van der Waals surface area contributed by atoms with Gasteiger partial charge in [0.05, 0.1) is 20.6 Å². The molecule has 0 aliphatic heterocycles. The third-order valence-electron chi connectivity index (χ3n) is 2.30. The molecule has 0 heterocycles. The molecule has 0 unspecified atom stereocenters. The molecule has 4 heteroatoms. The number of benzene rings is 1. The molecule has 0 amide bonds. The Hall–Kier alpha value is -1.71. The van der Waals surface area contributed by atoms with Gasteiger partial charge < -0.3 is 15.2 Å². The summed E-state index contributed by atoms with van der Waals surface area (Å²) in [6, 6.07) is 3.54. The largest absolute Gasteiger partial charge is 0.496 e. The first-order chi connectivity index (χ1) is 7.10. The summed E-state index contributed by atoms with van der Waals surface area (Å²) in [7, 11) is 2.92. The van der Waals surface area contributed by atoms with Crippen molar-refractivity contribution in [3.63, 3.8) is 0 Å². The second kappa shape index (κ2) is 4.68. The molecule has 2 N–H and O–H groups in total. The van der Waals surface area contributed by atoms with Crippen molar-refractivity contribution < 1.29 is 14.3 Å². The number of hydrogen-bond acceptors (Lipinski definition) is 4. The molecule has 1 aromatic carbocycles. The molecule has 0 saturated carbocycles. The van der Waals surface area contributed by atoms with Gasteiger partial charge in [0.15, 0.2) is 0 Å². The molecule has 0 bridgehead atoms. The molecule has 0 spiro atoms. The topological polar surface area (TPSA) is 61.5 Å². The van der Waals surface area contributed by atoms with Crippen molar-refractivity contribution in [3.05, 3.63) is 23.3 Å². The predicted octanol–water partition coefficient (Wildman–Crippen LogP) is 1.30. The summed E-state index contributed by atoms with van der Waals surface area (Å²) < 4.78 is 9.81. The highest BCUT2D eigenvalue weighted by Crippen LogP contribution is 2.28. The predicted molar refractivity (Wildman–Crippen MR) is 57.9 cm³/mol. The van der Waals surface area contributed by atoms with E-state index in [9.17, 15) is 4.79 Å². The molecule has 0 aliphatic rings. The van der Waals surface area contributed by atoms with Crippen molar-refractivity contribution in [2.24, 2.45) is 0 Å². The first-order valence-corrected chi connectivity index (χ1v) is 4.59. The number of methoxy groups -OCH3 is 2. The first-order valence-electron chi connectivity index (χ1n) is 4.59. The maximum atomic E-state index is 11.1. The summed E-state index contributed by atoms with van der Waals surface area (Å²) in [5, 5.41) is 0. The molecule has 82 valence electrons. The molecular weight excluding hydrogens is 194 g/mol. The van der Waals surface area contributed by atoms with Crippen LogP contribution in [0.4, 0.5) is 5.69 Å². The van der Waals surface area contributed by atoms with Crippen molar-refractivity contribution in [3.8, 4) is 5.75 Å². The Labute approximate surface area is 89.0 Å². The summed E-state index contributed by atoms with van der Waals surface area (Å²) in [6.45, 7) is 1.86. The molecule has 0 saturated heterocycles. The third-order valence-corrected chi connectivity index (χ3v) is 2.30. The fourth-order valence-corrected chi connectivity index (χ4v) is 1.41. The fraction of sp³-hybridized carbons (Fsp3) is 0.364. The minimum atomic E-state index is -0.294. The van der Waals surface area contributed by atoms with Gasteiger partial charge in [-0.25, -0.2) is 0 Å². The van der Waals surface area contributed by atoms with Crippen LogP contribution in [0.2, 0.25) is 0 Å². The standard InChI is InChI=1S/C11H15NO3/c1-7-9(12)5-4-8(11(7)15-3)6-10(13)14-2/h4-5H,6,12H2,1-3H3. The van der Waals surface area contributed by atoms with E-state index in [1.807, 2.05) is 6.92 Å². The van der Waals surface area contributed by atoms with E-state index in [0.29, 0.717) is 11.4 Å². The summed E-state index contributed by atoms with van der Waals surface area (Å²) in [4.78, 5) is 11.1. The lowest BCUT2D eigenvalue weighted by molar-refractivity contribution is -0.139. The molecular formula is C11H15NO3. The second-order valence-electron chi connectivity index (χ2n) is 3.23. The lowest BCUT2D eigenvalue weighted by Crippen LogP contribution is -2.07. The van der Waals surface area contributed by atoms with E-state index >= 15 is 0 Å². The number of esters is 1. The van der Waals surface area contributed by atoms with Gasteiger partial charge in [-0.2, -0.15) is 0 Å². The maximum absolute atomic E-state index is 11.1. The van der Waals surface area contributed by atoms with E-state index in [1.165, 1.54) is 7.11 Å². The maximum Gasteiger partial charge on any atom is 0.310 e. The van der Waals surface area contributed by atoms with Crippen LogP contribution in [0.5, 0.6) is 5.75 Å². The Bertz CT molecular complexity index is 374. The fourth-order valence-electron chi connectivity index (χ4n) is 1.41. The van der Waals surface area contributed by atoms with Gasteiger partial charge in [-0.05, 0) is 13.0 Å². The van der Waals surface area contributed by atoms with Gasteiger partial charge in [0, 0.05) is 16.8 Å². The quantitative estimate of drug-likeness (QED) is 0.602. The van der Waals surface area contributed by atoms with Crippen molar-refractivity contribution in [1.82, 2.24) is 0 Å². The second-order valence-corrected chi connectivity index (χ2v) is 3.23. The van der Waals surface area contributed by atoms with E-state index in [-0.39, 0.29) is 12.4 Å². The molecule has 0 fully saturated rings. The zero-order chi connectivity index (χ0) is 11.4. The van der Waals surface area contributed by atoms with E-state index < -0.39 is 0 Å². The number of ether oxygens (including phenoxy) is 2. The Morgan fingerprint density at radius 2 is 2.07 bits per heavy atom. The van der Waals surface area contributed by atoms with Gasteiger partial charge in [-0.15, -0.1) is 0 Å². The normalized spacial score (nSPS) is 9.80. The zero-order valence-electron chi connectivity index (χ0n) is 9.16. The zero-order valence-corrected chi connectivity index (χ0v) is 9.16. The molecule has 0 radical (unpaired) electrons. The monoisotopic (exact) mass is 209 g/mol. The van der Waals surface area contributed by atoms with E-state index in [1.54, 1.807) is 19.2 Å². The molecule has 0 aliphatic carbocycles. The van der Waals surface area contributed by atoms with Crippen molar-refractivity contribution in [1.29, 1.82) is 0 Å². The van der Waals surface area contributed by atoms with Crippen LogP contribution in [0.3, 0.4) is 0 Å². The SMILES string of the molecule is COC(=O)Cc1ccc(N)c(C)c1OC. The number of carbonyl (C=O) groups excluding carboxylic acids is 1. The first kappa shape index (κ1) is 11.4. The minimum Gasteiger partial charge on any atom is -0.496 e. The molecule has 0 aromatic heterocycles. The Balaban J connectivity index is 3.07. The number of carbonyl (C=O) groups is 1. The van der Waals surface area contributed by atoms with Crippen LogP contribution in [0.1, 0.15) is 11.1 Å². The lowest BCUT2D eigenvalue weighted by atomic mass is 10.1. The molecule has 1 aromatic rings. The number of anilines is 1. The number of nitrogens with two attached hydrogens (primary N) is 1. The van der Waals surface area contributed by atoms with Gasteiger partial charge in [-0.3, -0.25) is 4.79 Å². The van der Waals surface area contributed by atoms with Crippen LogP contribution in [-0.4, -0.2) is 20.2 Å². The van der Waals surface area contributed by atoms with Gasteiger partial charge >= 0.3 is 5.97 Å². The summed E-state index contributed by atoms with van der Waals surface area (Å²) in [6.07, 6.45) is 0.195. The Morgan fingerprint density at radius 3 is 2.60 bits per heavy atom. The van der Waals surface area contributed by atoms with E-state index in [2.05, 4.69) is 4.74 Å². The number of rotatable bonds is 3. The summed E-state index contributed by atoms with van der Waals surface area (Å²) >= 11 is 0. The Kier molecular flexibility index (Phi) is 3.55. The van der Waals surface area contributed by atoms with E-state index in [0.717, 1.165) is 11.1 Å². The van der Waals surface area contributed by atoms with Crippen molar-refractivity contribution in [2.45, 2.75) is 13.3 Å². The van der Waals surface area contributed by atoms with E-state index in [4.69, 9.17) is 10.5 Å². The van der Waals surface area contributed by atoms with Crippen LogP contribution in [0.15, 0.2) is 12.1 Å². The van der Waals surface area contributed by atoms with Crippen molar-refractivity contribution >= 4 is 11.7 Å². The average Bonchev–Trinajstić information content (AvgIpc) is 2.24. The summed E-state index contributed by atoms with van der Waals surface area (Å²) in [5.41, 5.74) is 8.02. The molecule has 4 nitrogen and oxygen atoms in total. The highest BCUT2D eigenvalue weighted by atomic mass is 16.5. The van der Waals surface area contributed by atoms with Gasteiger partial charge in [-0.1, -0.05) is 6.07 Å². The van der Waals surface area contributed by atoms with Crippen LogP contribution in [0, 0.1) is 6.92 Å². The van der Waals surface area contributed by atoms with Crippen LogP contribution < -0.4 is 10.5 Å². The Morgan fingerprint density at radius 1 is 1.40 bits per heavy atom. The number of nitrogen functional groups attached to an aromatic ring is 1. The highest BCUT2D eigenvalue weighted by Gasteiger charge is 2.12. The molecule has 0 atom stereocenters.